The first-order valence-corrected chi connectivity index (χ1v) is 9.27. The summed E-state index contributed by atoms with van der Waals surface area (Å²) in [4.78, 5) is 23.0. The van der Waals surface area contributed by atoms with Gasteiger partial charge >= 0.3 is 0 Å². The average Bonchev–Trinajstić information content (AvgIpc) is 2.62. The minimum absolute atomic E-state index is 0.108. The molecule has 2 rings (SSSR count). The van der Waals surface area contributed by atoms with E-state index in [0.717, 1.165) is 38.2 Å². The Morgan fingerprint density at radius 1 is 1.21 bits per heavy atom. The number of nitrogens with one attached hydrogen (secondary N) is 1. The topological polar surface area (TPSA) is 58.1 Å². The second-order valence-electron chi connectivity index (χ2n) is 6.36. The van der Waals surface area contributed by atoms with Crippen molar-refractivity contribution in [2.24, 2.45) is 0 Å². The van der Waals surface area contributed by atoms with Crippen molar-refractivity contribution in [2.75, 3.05) is 24.5 Å². The summed E-state index contributed by atoms with van der Waals surface area (Å²) < 4.78 is 0. The monoisotopic (exact) mass is 330 g/mol. The maximum atomic E-state index is 12.3. The lowest BCUT2D eigenvalue weighted by atomic mass is 9.97. The quantitative estimate of drug-likeness (QED) is 0.701. The molecule has 0 atom stereocenters. The van der Waals surface area contributed by atoms with Crippen LogP contribution in [-0.4, -0.2) is 35.5 Å². The SMILES string of the molecule is CCCN(CCC)c1cc(C(=O)NCCC2=CCCCC2)ncn1. The molecule has 0 fully saturated rings. The maximum absolute atomic E-state index is 12.3. The lowest BCUT2D eigenvalue weighted by Crippen LogP contribution is -2.28. The molecular formula is C19H30N4O. The molecule has 1 aliphatic carbocycles. The van der Waals surface area contributed by atoms with Crippen LogP contribution >= 0.6 is 0 Å². The van der Waals surface area contributed by atoms with Gasteiger partial charge in [-0.3, -0.25) is 4.79 Å². The molecule has 0 saturated heterocycles. The van der Waals surface area contributed by atoms with Gasteiger partial charge in [0.05, 0.1) is 0 Å². The molecule has 0 unspecified atom stereocenters. The minimum Gasteiger partial charge on any atom is -0.357 e. The lowest BCUT2D eigenvalue weighted by Gasteiger charge is -2.22. The van der Waals surface area contributed by atoms with Crippen LogP contribution in [0.5, 0.6) is 0 Å². The Kier molecular flexibility index (Phi) is 7.72. The number of amides is 1. The van der Waals surface area contributed by atoms with Gasteiger partial charge in [0.1, 0.15) is 17.8 Å². The Bertz CT molecular complexity index is 550. The first kappa shape index (κ1) is 18.4. The Balaban J connectivity index is 1.91. The molecule has 0 saturated carbocycles. The smallest absolute Gasteiger partial charge is 0.270 e. The van der Waals surface area contributed by atoms with E-state index in [2.05, 4.69) is 40.1 Å². The van der Waals surface area contributed by atoms with Crippen molar-refractivity contribution < 1.29 is 4.79 Å². The average molecular weight is 330 g/mol. The van der Waals surface area contributed by atoms with Crippen LogP contribution < -0.4 is 10.2 Å². The molecule has 0 aromatic carbocycles. The zero-order valence-electron chi connectivity index (χ0n) is 15.1. The molecule has 5 heteroatoms. The van der Waals surface area contributed by atoms with Gasteiger partial charge in [0.2, 0.25) is 0 Å². The van der Waals surface area contributed by atoms with Gasteiger partial charge < -0.3 is 10.2 Å². The fourth-order valence-corrected chi connectivity index (χ4v) is 3.08. The molecule has 0 radical (unpaired) electrons. The summed E-state index contributed by atoms with van der Waals surface area (Å²) in [6, 6.07) is 1.81. The first-order chi connectivity index (χ1) is 11.7. The molecular weight excluding hydrogens is 300 g/mol. The highest BCUT2D eigenvalue weighted by Crippen LogP contribution is 2.19. The van der Waals surface area contributed by atoms with E-state index in [-0.39, 0.29) is 5.91 Å². The predicted octanol–water partition coefficient (Wildman–Crippen LogP) is 3.72. The summed E-state index contributed by atoms with van der Waals surface area (Å²) in [6.07, 6.45) is 11.8. The lowest BCUT2D eigenvalue weighted by molar-refractivity contribution is 0.0949. The number of allylic oxidation sites excluding steroid dienone is 1. The molecule has 1 aromatic rings. The summed E-state index contributed by atoms with van der Waals surface area (Å²) in [5, 5.41) is 2.99. The Labute approximate surface area is 145 Å². The third kappa shape index (κ3) is 5.62. The molecule has 1 aliphatic rings. The third-order valence-electron chi connectivity index (χ3n) is 4.31. The Morgan fingerprint density at radius 2 is 2.00 bits per heavy atom. The van der Waals surface area contributed by atoms with Gasteiger partial charge in [0.25, 0.3) is 5.91 Å². The van der Waals surface area contributed by atoms with Crippen LogP contribution in [0.1, 0.15) is 69.3 Å². The molecule has 0 aliphatic heterocycles. The first-order valence-electron chi connectivity index (χ1n) is 9.27. The van der Waals surface area contributed by atoms with Crippen molar-refractivity contribution in [2.45, 2.75) is 58.8 Å². The minimum atomic E-state index is -0.108. The predicted molar refractivity (Wildman–Crippen MR) is 98.3 cm³/mol. The highest BCUT2D eigenvalue weighted by Gasteiger charge is 2.12. The molecule has 132 valence electrons. The zero-order valence-corrected chi connectivity index (χ0v) is 15.1. The highest BCUT2D eigenvalue weighted by molar-refractivity contribution is 5.92. The van der Waals surface area contributed by atoms with Crippen LogP contribution in [0, 0.1) is 0 Å². The second-order valence-corrected chi connectivity index (χ2v) is 6.36. The number of carbonyl (C=O) groups is 1. The number of aromatic nitrogens is 2. The highest BCUT2D eigenvalue weighted by atomic mass is 16.1. The van der Waals surface area contributed by atoms with Gasteiger partial charge in [-0.05, 0) is 44.9 Å². The van der Waals surface area contributed by atoms with Crippen LogP contribution in [-0.2, 0) is 0 Å². The van der Waals surface area contributed by atoms with Crippen molar-refractivity contribution in [1.29, 1.82) is 0 Å². The van der Waals surface area contributed by atoms with Crippen molar-refractivity contribution in [1.82, 2.24) is 15.3 Å². The summed E-state index contributed by atoms with van der Waals surface area (Å²) in [5.41, 5.74) is 1.93. The maximum Gasteiger partial charge on any atom is 0.270 e. The van der Waals surface area contributed by atoms with Gasteiger partial charge in [0.15, 0.2) is 0 Å². The molecule has 1 N–H and O–H groups in total. The van der Waals surface area contributed by atoms with Gasteiger partial charge in [-0.1, -0.05) is 25.5 Å². The second kappa shape index (κ2) is 10.1. The number of hydrogen-bond donors (Lipinski definition) is 1. The standard InChI is InChI=1S/C19H30N4O/c1-3-12-23(13-4-2)18-14-17(21-15-22-18)19(24)20-11-10-16-8-6-5-7-9-16/h8,14-15H,3-7,9-13H2,1-2H3,(H,20,24). The molecule has 24 heavy (non-hydrogen) atoms. The van der Waals surface area contributed by atoms with E-state index in [9.17, 15) is 4.79 Å². The largest absolute Gasteiger partial charge is 0.357 e. The van der Waals surface area contributed by atoms with Crippen molar-refractivity contribution >= 4 is 11.7 Å². The van der Waals surface area contributed by atoms with Crippen LogP contribution in [0.4, 0.5) is 5.82 Å². The summed E-state index contributed by atoms with van der Waals surface area (Å²) in [6.45, 7) is 6.87. The van der Waals surface area contributed by atoms with Gasteiger partial charge in [-0.25, -0.2) is 9.97 Å². The number of anilines is 1. The van der Waals surface area contributed by atoms with E-state index in [0.29, 0.717) is 12.2 Å². The van der Waals surface area contributed by atoms with Crippen molar-refractivity contribution in [3.05, 3.63) is 29.7 Å². The Morgan fingerprint density at radius 3 is 2.67 bits per heavy atom. The van der Waals surface area contributed by atoms with Gasteiger partial charge in [0, 0.05) is 25.7 Å². The third-order valence-corrected chi connectivity index (χ3v) is 4.31. The number of carbonyl (C=O) groups excluding carboxylic acids is 1. The van der Waals surface area contributed by atoms with Crippen LogP contribution in [0.3, 0.4) is 0 Å². The zero-order chi connectivity index (χ0) is 17.2. The molecule has 5 nitrogen and oxygen atoms in total. The normalized spacial score (nSPS) is 14.2. The molecule has 1 heterocycles. The van der Waals surface area contributed by atoms with E-state index >= 15 is 0 Å². The summed E-state index contributed by atoms with van der Waals surface area (Å²) in [7, 11) is 0. The number of nitrogens with zero attached hydrogens (tertiary/aromatic N) is 3. The van der Waals surface area contributed by atoms with Crippen LogP contribution in [0.15, 0.2) is 24.0 Å². The Hall–Kier alpha value is -1.91. The fraction of sp³-hybridized carbons (Fsp3) is 0.632. The summed E-state index contributed by atoms with van der Waals surface area (Å²) >= 11 is 0. The van der Waals surface area contributed by atoms with E-state index in [1.165, 1.54) is 37.6 Å². The molecule has 1 amide bonds. The van der Waals surface area contributed by atoms with Gasteiger partial charge in [-0.2, -0.15) is 0 Å². The molecule has 0 bridgehead atoms. The van der Waals surface area contributed by atoms with Crippen molar-refractivity contribution in [3.63, 3.8) is 0 Å². The van der Waals surface area contributed by atoms with Crippen LogP contribution in [0.25, 0.3) is 0 Å². The van der Waals surface area contributed by atoms with E-state index in [1.807, 2.05) is 0 Å². The van der Waals surface area contributed by atoms with E-state index < -0.39 is 0 Å². The fourth-order valence-electron chi connectivity index (χ4n) is 3.08. The van der Waals surface area contributed by atoms with Crippen molar-refractivity contribution in [3.8, 4) is 0 Å². The molecule has 1 aromatic heterocycles. The summed E-state index contributed by atoms with van der Waals surface area (Å²) in [5.74, 6) is 0.733. The van der Waals surface area contributed by atoms with Gasteiger partial charge in [-0.15, -0.1) is 0 Å². The van der Waals surface area contributed by atoms with Crippen LogP contribution in [0.2, 0.25) is 0 Å². The number of hydrogen-bond acceptors (Lipinski definition) is 4. The molecule has 0 spiro atoms. The van der Waals surface area contributed by atoms with E-state index in [4.69, 9.17) is 0 Å². The van der Waals surface area contributed by atoms with E-state index in [1.54, 1.807) is 6.07 Å². The number of rotatable bonds is 9.